The van der Waals surface area contributed by atoms with Gasteiger partial charge in [-0.1, -0.05) is 6.07 Å². The summed E-state index contributed by atoms with van der Waals surface area (Å²) in [7, 11) is 0. The van der Waals surface area contributed by atoms with E-state index in [4.69, 9.17) is 9.47 Å². The summed E-state index contributed by atoms with van der Waals surface area (Å²) in [4.78, 5) is 22.6. The molecule has 0 unspecified atom stereocenters. The molecule has 24 heavy (non-hydrogen) atoms. The van der Waals surface area contributed by atoms with Crippen molar-refractivity contribution in [3.05, 3.63) is 45.6 Å². The lowest BCUT2D eigenvalue weighted by Gasteiger charge is -2.05. The Morgan fingerprint density at radius 2 is 1.79 bits per heavy atom. The Morgan fingerprint density at radius 3 is 2.54 bits per heavy atom. The molecular weight excluding hydrogens is 347 g/mol. The van der Waals surface area contributed by atoms with Gasteiger partial charge in [0.1, 0.15) is 0 Å². The molecule has 5 nitrogen and oxygen atoms in total. The predicted octanol–water partition coefficient (Wildman–Crippen LogP) is 3.15. The van der Waals surface area contributed by atoms with Crippen LogP contribution in [0.5, 0.6) is 11.5 Å². The Labute approximate surface area is 138 Å². The summed E-state index contributed by atoms with van der Waals surface area (Å²) in [5, 5.41) is 2.58. The van der Waals surface area contributed by atoms with Gasteiger partial charge in [0.25, 0.3) is 11.7 Å². The first-order valence-electron chi connectivity index (χ1n) is 6.72. The number of nitrogens with one attached hydrogen (secondary N) is 1. The summed E-state index contributed by atoms with van der Waals surface area (Å²) in [6.07, 6.45) is -4.95. The van der Waals surface area contributed by atoms with Gasteiger partial charge in [0.15, 0.2) is 11.5 Å². The molecule has 1 N–H and O–H groups in total. The van der Waals surface area contributed by atoms with Crippen molar-refractivity contribution in [1.29, 1.82) is 0 Å². The molecular formula is C15H10F3NO4S. The Morgan fingerprint density at radius 1 is 1.08 bits per heavy atom. The molecule has 2 heterocycles. The number of ketones is 1. The number of thiophene rings is 1. The Kier molecular flexibility index (Phi) is 4.18. The van der Waals surface area contributed by atoms with Crippen molar-refractivity contribution in [2.24, 2.45) is 0 Å². The number of carbonyl (C=O) groups is 2. The highest BCUT2D eigenvalue weighted by Gasteiger charge is 2.40. The summed E-state index contributed by atoms with van der Waals surface area (Å²) in [6, 6.07) is 7.33. The monoisotopic (exact) mass is 357 g/mol. The fourth-order valence-corrected chi connectivity index (χ4v) is 2.92. The minimum Gasteiger partial charge on any atom is -0.454 e. The van der Waals surface area contributed by atoms with E-state index in [9.17, 15) is 22.8 Å². The molecule has 1 aliphatic rings. The zero-order chi connectivity index (χ0) is 17.3. The molecule has 0 saturated heterocycles. The molecule has 0 radical (unpaired) electrons. The van der Waals surface area contributed by atoms with Crippen molar-refractivity contribution < 1.29 is 32.2 Å². The number of hydrogen-bond acceptors (Lipinski definition) is 5. The number of rotatable bonds is 4. The molecule has 3 rings (SSSR count). The number of hydrogen-bond donors (Lipinski definition) is 1. The van der Waals surface area contributed by atoms with Crippen LogP contribution in [0.2, 0.25) is 0 Å². The lowest BCUT2D eigenvalue weighted by Crippen LogP contribution is -2.22. The molecule has 0 atom stereocenters. The summed E-state index contributed by atoms with van der Waals surface area (Å²) in [6.45, 7) is 0.298. The van der Waals surface area contributed by atoms with Crippen LogP contribution in [-0.2, 0) is 6.54 Å². The average Bonchev–Trinajstić information content (AvgIpc) is 3.19. The number of alkyl halides is 3. The molecule has 0 saturated carbocycles. The van der Waals surface area contributed by atoms with Gasteiger partial charge in [0.2, 0.25) is 6.79 Å². The SMILES string of the molecule is O=C(NCc1ccc2c(c1)OCO2)c1ccc(C(=O)C(F)(F)F)s1. The first-order valence-corrected chi connectivity index (χ1v) is 7.54. The minimum absolute atomic E-state index is 0.0309. The average molecular weight is 357 g/mol. The molecule has 0 bridgehead atoms. The third-order valence-corrected chi connectivity index (χ3v) is 4.28. The lowest BCUT2D eigenvalue weighted by molar-refractivity contribution is -0.0882. The van der Waals surface area contributed by atoms with Crippen LogP contribution >= 0.6 is 11.3 Å². The largest absolute Gasteiger partial charge is 0.455 e. The summed E-state index contributed by atoms with van der Waals surface area (Å²) in [5.74, 6) is -1.34. The molecule has 1 aromatic heterocycles. The standard InChI is InChI=1S/C15H10F3NO4S/c16-15(17,18)13(20)11-3-4-12(24-11)14(21)19-6-8-1-2-9-10(5-8)23-7-22-9/h1-5H,6-7H2,(H,19,21). The van der Waals surface area contributed by atoms with Crippen molar-refractivity contribution >= 4 is 23.0 Å². The van der Waals surface area contributed by atoms with Crippen LogP contribution in [0.4, 0.5) is 13.2 Å². The van der Waals surface area contributed by atoms with Crippen LogP contribution in [0.1, 0.15) is 24.9 Å². The molecule has 1 amide bonds. The van der Waals surface area contributed by atoms with E-state index in [1.165, 1.54) is 6.07 Å². The lowest BCUT2D eigenvalue weighted by atomic mass is 10.2. The number of amides is 1. The van der Waals surface area contributed by atoms with E-state index in [0.29, 0.717) is 22.8 Å². The van der Waals surface area contributed by atoms with Gasteiger partial charge in [-0.15, -0.1) is 11.3 Å². The van der Waals surface area contributed by atoms with Crippen LogP contribution in [0.15, 0.2) is 30.3 Å². The summed E-state index contributed by atoms with van der Waals surface area (Å²) < 4.78 is 47.5. The predicted molar refractivity (Wildman–Crippen MR) is 78.4 cm³/mol. The van der Waals surface area contributed by atoms with E-state index in [-0.39, 0.29) is 18.2 Å². The van der Waals surface area contributed by atoms with E-state index in [1.807, 2.05) is 0 Å². The second kappa shape index (κ2) is 6.16. The van der Waals surface area contributed by atoms with E-state index in [1.54, 1.807) is 18.2 Å². The quantitative estimate of drug-likeness (QED) is 0.854. The first-order chi connectivity index (χ1) is 11.3. The van der Waals surface area contributed by atoms with Crippen LogP contribution in [-0.4, -0.2) is 24.7 Å². The van der Waals surface area contributed by atoms with E-state index in [2.05, 4.69) is 5.32 Å². The second-order valence-electron chi connectivity index (χ2n) is 4.86. The summed E-state index contributed by atoms with van der Waals surface area (Å²) in [5.41, 5.74) is 0.746. The van der Waals surface area contributed by atoms with Crippen molar-refractivity contribution in [1.82, 2.24) is 5.32 Å². The Hall–Kier alpha value is -2.55. The molecule has 9 heteroatoms. The number of fused-ring (bicyclic) bond motifs is 1. The van der Waals surface area contributed by atoms with Gasteiger partial charge in [-0.2, -0.15) is 13.2 Å². The van der Waals surface area contributed by atoms with Gasteiger partial charge in [0, 0.05) is 6.54 Å². The van der Waals surface area contributed by atoms with Gasteiger partial charge in [-0.3, -0.25) is 9.59 Å². The van der Waals surface area contributed by atoms with Gasteiger partial charge >= 0.3 is 6.18 Å². The highest BCUT2D eigenvalue weighted by molar-refractivity contribution is 7.16. The van der Waals surface area contributed by atoms with Gasteiger partial charge in [-0.25, -0.2) is 0 Å². The summed E-state index contributed by atoms with van der Waals surface area (Å²) >= 11 is 0.505. The second-order valence-corrected chi connectivity index (χ2v) is 5.94. The first kappa shape index (κ1) is 16.3. The number of ether oxygens (including phenoxy) is 2. The highest BCUT2D eigenvalue weighted by Crippen LogP contribution is 2.32. The number of benzene rings is 1. The van der Waals surface area contributed by atoms with Crippen LogP contribution < -0.4 is 14.8 Å². The third kappa shape index (κ3) is 3.35. The number of halogens is 3. The zero-order valence-corrected chi connectivity index (χ0v) is 12.8. The number of carbonyl (C=O) groups excluding carboxylic acids is 2. The topological polar surface area (TPSA) is 64.6 Å². The fraction of sp³-hybridized carbons (Fsp3) is 0.200. The molecule has 1 aliphatic heterocycles. The van der Waals surface area contributed by atoms with E-state index >= 15 is 0 Å². The van der Waals surface area contributed by atoms with Gasteiger partial charge in [-0.05, 0) is 29.8 Å². The van der Waals surface area contributed by atoms with Crippen molar-refractivity contribution in [3.63, 3.8) is 0 Å². The smallest absolute Gasteiger partial charge is 0.454 e. The third-order valence-electron chi connectivity index (χ3n) is 3.20. The van der Waals surface area contributed by atoms with Crippen molar-refractivity contribution in [2.45, 2.75) is 12.7 Å². The van der Waals surface area contributed by atoms with Gasteiger partial charge < -0.3 is 14.8 Å². The number of Topliss-reactive ketones (excluding diaryl/α,β-unsaturated/α-hetero) is 1. The fourth-order valence-electron chi connectivity index (χ4n) is 2.04. The molecule has 0 spiro atoms. The Balaban J connectivity index is 1.63. The zero-order valence-electron chi connectivity index (χ0n) is 12.0. The molecule has 2 aromatic rings. The maximum atomic E-state index is 12.4. The molecule has 0 fully saturated rings. The minimum atomic E-state index is -4.95. The van der Waals surface area contributed by atoms with Gasteiger partial charge in [0.05, 0.1) is 9.75 Å². The van der Waals surface area contributed by atoms with Crippen LogP contribution in [0, 0.1) is 0 Å². The van der Waals surface area contributed by atoms with Crippen molar-refractivity contribution in [3.8, 4) is 11.5 Å². The van der Waals surface area contributed by atoms with E-state index < -0.39 is 22.7 Å². The normalized spacial score (nSPS) is 13.0. The molecule has 126 valence electrons. The Bertz CT molecular complexity index is 800. The maximum Gasteiger partial charge on any atom is 0.455 e. The van der Waals surface area contributed by atoms with Crippen molar-refractivity contribution in [2.75, 3.05) is 6.79 Å². The van der Waals surface area contributed by atoms with E-state index in [0.717, 1.165) is 11.6 Å². The maximum absolute atomic E-state index is 12.4. The van der Waals surface area contributed by atoms with Crippen LogP contribution in [0.3, 0.4) is 0 Å². The molecule has 0 aliphatic carbocycles. The highest BCUT2D eigenvalue weighted by atomic mass is 32.1. The molecule has 1 aromatic carbocycles. The van der Waals surface area contributed by atoms with Crippen LogP contribution in [0.25, 0.3) is 0 Å².